The molecule has 2 heterocycles. The van der Waals surface area contributed by atoms with Crippen molar-refractivity contribution >= 4 is 11.9 Å². The number of carbonyl (C=O) groups is 2. The number of hydrogen-bond acceptors (Lipinski definition) is 3. The molecule has 1 saturated heterocycles. The number of carboxylic acid groups (broad SMARTS) is 1. The Bertz CT molecular complexity index is 608. The van der Waals surface area contributed by atoms with Crippen LogP contribution in [0.2, 0.25) is 0 Å². The highest BCUT2D eigenvalue weighted by Gasteiger charge is 2.64. The molecule has 1 aromatic rings. The molecule has 0 bridgehead atoms. The highest BCUT2D eigenvalue weighted by Crippen LogP contribution is 2.46. The van der Waals surface area contributed by atoms with Crippen molar-refractivity contribution in [1.82, 2.24) is 4.90 Å². The first kappa shape index (κ1) is 16.4. The Labute approximate surface area is 124 Å². The molecule has 1 amide bonds. The van der Waals surface area contributed by atoms with Crippen LogP contribution in [0.3, 0.4) is 0 Å². The van der Waals surface area contributed by atoms with E-state index in [1.165, 1.54) is 6.07 Å². The molecular formula is C14H16F3NO4. The van der Waals surface area contributed by atoms with Crippen LogP contribution in [0.5, 0.6) is 0 Å². The monoisotopic (exact) mass is 319 g/mol. The predicted octanol–water partition coefficient (Wildman–Crippen LogP) is 2.63. The Morgan fingerprint density at radius 1 is 1.45 bits per heavy atom. The summed E-state index contributed by atoms with van der Waals surface area (Å²) in [4.78, 5) is 24.2. The predicted molar refractivity (Wildman–Crippen MR) is 69.5 cm³/mol. The minimum Gasteiger partial charge on any atom is -0.481 e. The van der Waals surface area contributed by atoms with Crippen LogP contribution in [0.1, 0.15) is 35.2 Å². The number of aryl methyl sites for hydroxylation is 2. The molecule has 0 spiro atoms. The number of carboxylic acids is 1. The number of furan rings is 1. The highest BCUT2D eigenvalue weighted by atomic mass is 19.4. The van der Waals surface area contributed by atoms with Gasteiger partial charge >= 0.3 is 12.1 Å². The van der Waals surface area contributed by atoms with E-state index in [2.05, 4.69) is 0 Å². The highest BCUT2D eigenvalue weighted by molar-refractivity contribution is 5.93. The van der Waals surface area contributed by atoms with Gasteiger partial charge in [0, 0.05) is 19.5 Å². The third kappa shape index (κ3) is 2.46. The van der Waals surface area contributed by atoms with E-state index in [1.54, 1.807) is 6.92 Å². The lowest BCUT2D eigenvalue weighted by Crippen LogP contribution is -2.47. The molecule has 1 aliphatic rings. The number of alkyl halides is 3. The molecule has 1 unspecified atom stereocenters. The minimum absolute atomic E-state index is 0.0577. The van der Waals surface area contributed by atoms with Crippen LogP contribution in [-0.2, 0) is 11.2 Å². The van der Waals surface area contributed by atoms with E-state index in [4.69, 9.17) is 9.52 Å². The van der Waals surface area contributed by atoms with Gasteiger partial charge < -0.3 is 14.4 Å². The third-order valence-corrected chi connectivity index (χ3v) is 4.06. The first-order valence-corrected chi connectivity index (χ1v) is 6.81. The summed E-state index contributed by atoms with van der Waals surface area (Å²) in [6.07, 6.45) is -5.01. The number of halogens is 3. The smallest absolute Gasteiger partial charge is 0.406 e. The molecule has 1 aromatic heterocycles. The van der Waals surface area contributed by atoms with Crippen LogP contribution in [-0.4, -0.2) is 41.1 Å². The van der Waals surface area contributed by atoms with Gasteiger partial charge in [0.25, 0.3) is 5.91 Å². The van der Waals surface area contributed by atoms with Crippen molar-refractivity contribution in [2.24, 2.45) is 5.41 Å². The molecule has 8 heteroatoms. The van der Waals surface area contributed by atoms with E-state index in [1.807, 2.05) is 6.92 Å². The molecule has 22 heavy (non-hydrogen) atoms. The van der Waals surface area contributed by atoms with Crippen molar-refractivity contribution in [2.45, 2.75) is 32.9 Å². The van der Waals surface area contributed by atoms with Crippen molar-refractivity contribution in [3.63, 3.8) is 0 Å². The molecule has 1 N–H and O–H groups in total. The molecular weight excluding hydrogens is 303 g/mol. The van der Waals surface area contributed by atoms with Gasteiger partial charge in [0.15, 0.2) is 11.2 Å². The SMILES string of the molecule is CCc1oc(C(=O)N2CCC(C(=O)O)(C(F)(F)F)C2)cc1C. The topological polar surface area (TPSA) is 70.8 Å². The van der Waals surface area contributed by atoms with Crippen LogP contribution in [0, 0.1) is 12.3 Å². The van der Waals surface area contributed by atoms with Crippen LogP contribution in [0.4, 0.5) is 13.2 Å². The van der Waals surface area contributed by atoms with Crippen molar-refractivity contribution in [3.8, 4) is 0 Å². The molecule has 122 valence electrons. The summed E-state index contributed by atoms with van der Waals surface area (Å²) in [6.45, 7) is 2.40. The normalized spacial score (nSPS) is 22.1. The summed E-state index contributed by atoms with van der Waals surface area (Å²) in [6, 6.07) is 1.47. The summed E-state index contributed by atoms with van der Waals surface area (Å²) in [5, 5.41) is 8.97. The Morgan fingerprint density at radius 3 is 2.50 bits per heavy atom. The number of amides is 1. The van der Waals surface area contributed by atoms with Crippen LogP contribution in [0.15, 0.2) is 10.5 Å². The lowest BCUT2D eigenvalue weighted by atomic mass is 9.86. The van der Waals surface area contributed by atoms with Gasteiger partial charge in [-0.05, 0) is 25.0 Å². The molecule has 1 fully saturated rings. The number of aliphatic carboxylic acids is 1. The summed E-state index contributed by atoms with van der Waals surface area (Å²) >= 11 is 0. The molecule has 2 rings (SSSR count). The standard InChI is InChI=1S/C14H16F3NO4/c1-3-9-8(2)6-10(22-9)11(19)18-5-4-13(7-18,12(20)21)14(15,16)17/h6H,3-5,7H2,1-2H3,(H,20,21). The number of hydrogen-bond donors (Lipinski definition) is 1. The second kappa shape index (κ2) is 5.33. The second-order valence-electron chi connectivity index (χ2n) is 5.43. The molecule has 1 atom stereocenters. The number of rotatable bonds is 3. The quantitative estimate of drug-likeness (QED) is 0.930. The molecule has 0 saturated carbocycles. The lowest BCUT2D eigenvalue weighted by Gasteiger charge is -2.26. The first-order chi connectivity index (χ1) is 10.1. The Kier molecular flexibility index (Phi) is 3.97. The summed E-state index contributed by atoms with van der Waals surface area (Å²) in [7, 11) is 0. The minimum atomic E-state index is -4.92. The van der Waals surface area contributed by atoms with Gasteiger partial charge in [0.2, 0.25) is 0 Å². The number of likely N-dealkylation sites (tertiary alicyclic amines) is 1. The summed E-state index contributed by atoms with van der Waals surface area (Å²) in [5.74, 6) is -2.14. The Balaban J connectivity index is 2.25. The second-order valence-corrected chi connectivity index (χ2v) is 5.43. The molecule has 1 aliphatic heterocycles. The summed E-state index contributed by atoms with van der Waals surface area (Å²) < 4.78 is 44.6. The average molecular weight is 319 g/mol. The van der Waals surface area contributed by atoms with Gasteiger partial charge in [0.1, 0.15) is 5.76 Å². The Hall–Kier alpha value is -1.99. The third-order valence-electron chi connectivity index (χ3n) is 4.06. The van der Waals surface area contributed by atoms with Gasteiger partial charge in [-0.1, -0.05) is 6.92 Å². The van der Waals surface area contributed by atoms with Gasteiger partial charge in [-0.15, -0.1) is 0 Å². The van der Waals surface area contributed by atoms with E-state index >= 15 is 0 Å². The van der Waals surface area contributed by atoms with Gasteiger partial charge in [-0.3, -0.25) is 9.59 Å². The fourth-order valence-corrected chi connectivity index (χ4v) is 2.64. The first-order valence-electron chi connectivity index (χ1n) is 6.81. The van der Waals surface area contributed by atoms with E-state index in [-0.39, 0.29) is 12.3 Å². The number of carbonyl (C=O) groups excluding carboxylic acids is 1. The van der Waals surface area contributed by atoms with Gasteiger partial charge in [-0.25, -0.2) is 0 Å². The average Bonchev–Trinajstić information content (AvgIpc) is 3.01. The molecule has 0 aliphatic carbocycles. The number of nitrogens with zero attached hydrogens (tertiary/aromatic N) is 1. The fourth-order valence-electron chi connectivity index (χ4n) is 2.64. The zero-order valence-electron chi connectivity index (χ0n) is 12.2. The Morgan fingerprint density at radius 2 is 2.09 bits per heavy atom. The van der Waals surface area contributed by atoms with E-state index in [0.29, 0.717) is 12.2 Å². The van der Waals surface area contributed by atoms with Crippen molar-refractivity contribution in [1.29, 1.82) is 0 Å². The van der Waals surface area contributed by atoms with Crippen molar-refractivity contribution < 1.29 is 32.3 Å². The zero-order valence-corrected chi connectivity index (χ0v) is 12.2. The largest absolute Gasteiger partial charge is 0.481 e. The van der Waals surface area contributed by atoms with Crippen molar-refractivity contribution in [2.75, 3.05) is 13.1 Å². The lowest BCUT2D eigenvalue weighted by molar-refractivity contribution is -0.227. The van der Waals surface area contributed by atoms with E-state index < -0.39 is 36.4 Å². The zero-order chi connectivity index (χ0) is 16.7. The summed E-state index contributed by atoms with van der Waals surface area (Å²) in [5.41, 5.74) is -2.16. The molecule has 5 nitrogen and oxygen atoms in total. The van der Waals surface area contributed by atoms with Gasteiger partial charge in [-0.2, -0.15) is 13.2 Å². The van der Waals surface area contributed by atoms with E-state index in [9.17, 15) is 22.8 Å². The molecule has 0 radical (unpaired) electrons. The maximum Gasteiger partial charge on any atom is 0.406 e. The maximum atomic E-state index is 13.1. The van der Waals surface area contributed by atoms with Crippen LogP contribution >= 0.6 is 0 Å². The molecule has 0 aromatic carbocycles. The van der Waals surface area contributed by atoms with Crippen LogP contribution < -0.4 is 0 Å². The van der Waals surface area contributed by atoms with Gasteiger partial charge in [0.05, 0.1) is 0 Å². The maximum absolute atomic E-state index is 13.1. The van der Waals surface area contributed by atoms with E-state index in [0.717, 1.165) is 10.5 Å². The van der Waals surface area contributed by atoms with Crippen LogP contribution in [0.25, 0.3) is 0 Å². The van der Waals surface area contributed by atoms with Crippen molar-refractivity contribution in [3.05, 3.63) is 23.2 Å². The fraction of sp³-hybridized carbons (Fsp3) is 0.571.